The Bertz CT molecular complexity index is 91.4. The maximum Gasteiger partial charge on any atom is 0.401 e. The van der Waals surface area contributed by atoms with Crippen LogP contribution < -0.4 is 5.32 Å². The van der Waals surface area contributed by atoms with Crippen LogP contribution in [-0.2, 0) is 0 Å². The summed E-state index contributed by atoms with van der Waals surface area (Å²) in [5.74, 6) is 0. The van der Waals surface area contributed by atoms with E-state index in [2.05, 4.69) is 5.32 Å². The second-order valence-corrected chi connectivity index (χ2v) is 2.77. The van der Waals surface area contributed by atoms with E-state index in [9.17, 15) is 13.2 Å². The summed E-state index contributed by atoms with van der Waals surface area (Å²) < 4.78 is 34.2. The molecule has 0 saturated heterocycles. The quantitative estimate of drug-likeness (QED) is 0.645. The molecule has 5 heteroatoms. The van der Waals surface area contributed by atoms with E-state index in [-0.39, 0.29) is 11.9 Å². The molecule has 0 amide bonds. The van der Waals surface area contributed by atoms with E-state index >= 15 is 0 Å². The average molecular weight is 176 g/mol. The zero-order valence-corrected chi connectivity index (χ0v) is 6.26. The molecule has 0 spiro atoms. The van der Waals surface area contributed by atoms with Gasteiger partial charge in [0.1, 0.15) is 0 Å². The number of hydrogen-bond acceptors (Lipinski definition) is 1. The molecule has 1 N–H and O–H groups in total. The van der Waals surface area contributed by atoms with Crippen LogP contribution in [0.2, 0.25) is 0 Å². The van der Waals surface area contributed by atoms with Gasteiger partial charge in [0.05, 0.1) is 6.54 Å². The standard InChI is InChI=1S/C5H9ClF3N/c1-4(6)2-10-3-5(7,8)9/h4,10H,2-3H2,1H3. The highest BCUT2D eigenvalue weighted by molar-refractivity contribution is 6.20. The Morgan fingerprint density at radius 3 is 2.30 bits per heavy atom. The van der Waals surface area contributed by atoms with Crippen molar-refractivity contribution in [2.24, 2.45) is 0 Å². The van der Waals surface area contributed by atoms with Gasteiger partial charge in [0.2, 0.25) is 0 Å². The molecule has 0 saturated carbocycles. The van der Waals surface area contributed by atoms with Gasteiger partial charge in [-0.05, 0) is 6.92 Å². The van der Waals surface area contributed by atoms with Crippen LogP contribution in [0, 0.1) is 0 Å². The van der Waals surface area contributed by atoms with Gasteiger partial charge in [0, 0.05) is 11.9 Å². The molecule has 62 valence electrons. The van der Waals surface area contributed by atoms with Crippen LogP contribution in [0.5, 0.6) is 0 Å². The van der Waals surface area contributed by atoms with Gasteiger partial charge in [-0.15, -0.1) is 11.6 Å². The molecule has 0 heterocycles. The van der Waals surface area contributed by atoms with Gasteiger partial charge in [-0.2, -0.15) is 13.2 Å². The Kier molecular flexibility index (Phi) is 4.05. The minimum atomic E-state index is -4.13. The first-order valence-corrected chi connectivity index (χ1v) is 3.27. The number of hydrogen-bond donors (Lipinski definition) is 1. The van der Waals surface area contributed by atoms with Gasteiger partial charge in [0.15, 0.2) is 0 Å². The summed E-state index contributed by atoms with van der Waals surface area (Å²) in [5, 5.41) is 1.91. The fourth-order valence-corrected chi connectivity index (χ4v) is 0.522. The zero-order valence-electron chi connectivity index (χ0n) is 5.50. The van der Waals surface area contributed by atoms with Gasteiger partial charge in [-0.3, -0.25) is 0 Å². The molecule has 10 heavy (non-hydrogen) atoms. The monoisotopic (exact) mass is 175 g/mol. The van der Waals surface area contributed by atoms with Gasteiger partial charge in [-0.1, -0.05) is 0 Å². The number of rotatable bonds is 3. The molecule has 0 rings (SSSR count). The summed E-state index contributed by atoms with van der Waals surface area (Å²) >= 11 is 5.38. The molecule has 0 aliphatic heterocycles. The Hall–Kier alpha value is 0.0400. The van der Waals surface area contributed by atoms with Crippen LogP contribution in [0.4, 0.5) is 13.2 Å². The molecule has 0 aliphatic rings. The lowest BCUT2D eigenvalue weighted by Crippen LogP contribution is -2.32. The Labute approximate surface area is 62.5 Å². The number of halogens is 4. The molecular formula is C5H9ClF3N. The predicted octanol–water partition coefficient (Wildman–Crippen LogP) is 1.77. The Balaban J connectivity index is 3.21. The van der Waals surface area contributed by atoms with Crippen molar-refractivity contribution in [1.29, 1.82) is 0 Å². The van der Waals surface area contributed by atoms with E-state index in [1.807, 2.05) is 0 Å². The highest BCUT2D eigenvalue weighted by atomic mass is 35.5. The van der Waals surface area contributed by atoms with Crippen molar-refractivity contribution in [3.05, 3.63) is 0 Å². The third-order valence-corrected chi connectivity index (χ3v) is 0.905. The Morgan fingerprint density at radius 1 is 1.50 bits per heavy atom. The smallest absolute Gasteiger partial charge is 0.307 e. The van der Waals surface area contributed by atoms with E-state index in [1.165, 1.54) is 0 Å². The second-order valence-electron chi connectivity index (χ2n) is 2.03. The van der Waals surface area contributed by atoms with Crippen LogP contribution >= 0.6 is 11.6 Å². The normalized spacial score (nSPS) is 15.3. The van der Waals surface area contributed by atoms with Crippen LogP contribution in [0.3, 0.4) is 0 Å². The van der Waals surface area contributed by atoms with E-state index < -0.39 is 12.7 Å². The van der Waals surface area contributed by atoms with E-state index in [4.69, 9.17) is 11.6 Å². The minimum Gasteiger partial charge on any atom is -0.307 e. The molecule has 0 bridgehead atoms. The zero-order chi connectivity index (χ0) is 8.20. The van der Waals surface area contributed by atoms with Crippen LogP contribution in [0.1, 0.15) is 6.92 Å². The van der Waals surface area contributed by atoms with Crippen molar-refractivity contribution in [1.82, 2.24) is 5.32 Å². The lowest BCUT2D eigenvalue weighted by molar-refractivity contribution is -0.124. The maximum atomic E-state index is 11.4. The molecule has 0 aromatic carbocycles. The minimum absolute atomic E-state index is 0.182. The van der Waals surface area contributed by atoms with Crippen molar-refractivity contribution in [3.63, 3.8) is 0 Å². The maximum absolute atomic E-state index is 11.4. The first-order chi connectivity index (χ1) is 4.42. The van der Waals surface area contributed by atoms with E-state index in [1.54, 1.807) is 6.92 Å². The third kappa shape index (κ3) is 8.04. The highest BCUT2D eigenvalue weighted by Gasteiger charge is 2.26. The third-order valence-electron chi connectivity index (χ3n) is 0.751. The fourth-order valence-electron chi connectivity index (χ4n) is 0.413. The first-order valence-electron chi connectivity index (χ1n) is 2.83. The Morgan fingerprint density at radius 2 is 2.00 bits per heavy atom. The molecule has 0 radical (unpaired) electrons. The van der Waals surface area contributed by atoms with E-state index in [0.717, 1.165) is 0 Å². The van der Waals surface area contributed by atoms with Crippen molar-refractivity contribution >= 4 is 11.6 Å². The van der Waals surface area contributed by atoms with Gasteiger partial charge in [0.25, 0.3) is 0 Å². The largest absolute Gasteiger partial charge is 0.401 e. The van der Waals surface area contributed by atoms with Gasteiger partial charge in [-0.25, -0.2) is 0 Å². The summed E-state index contributed by atoms with van der Waals surface area (Å²) in [7, 11) is 0. The highest BCUT2D eigenvalue weighted by Crippen LogP contribution is 2.12. The molecule has 0 aromatic rings. The molecular weight excluding hydrogens is 167 g/mol. The molecule has 1 nitrogen and oxygen atoms in total. The lowest BCUT2D eigenvalue weighted by atomic mass is 10.4. The van der Waals surface area contributed by atoms with Gasteiger partial charge >= 0.3 is 6.18 Å². The summed E-state index contributed by atoms with van der Waals surface area (Å²) in [6.07, 6.45) is -4.13. The van der Waals surface area contributed by atoms with E-state index in [0.29, 0.717) is 0 Å². The van der Waals surface area contributed by atoms with Crippen LogP contribution in [0.25, 0.3) is 0 Å². The topological polar surface area (TPSA) is 12.0 Å². The molecule has 0 aromatic heterocycles. The van der Waals surface area contributed by atoms with Crippen LogP contribution in [0.15, 0.2) is 0 Å². The van der Waals surface area contributed by atoms with Crippen molar-refractivity contribution in [2.45, 2.75) is 18.5 Å². The predicted molar refractivity (Wildman–Crippen MR) is 34.2 cm³/mol. The summed E-state index contributed by atoms with van der Waals surface area (Å²) in [4.78, 5) is 0. The molecule has 1 atom stereocenters. The summed E-state index contributed by atoms with van der Waals surface area (Å²) in [5.41, 5.74) is 0. The van der Waals surface area contributed by atoms with Crippen molar-refractivity contribution in [3.8, 4) is 0 Å². The van der Waals surface area contributed by atoms with Crippen LogP contribution in [-0.4, -0.2) is 24.6 Å². The SMILES string of the molecule is CC(Cl)CNCC(F)(F)F. The first kappa shape index (κ1) is 10.0. The average Bonchev–Trinajstić information content (AvgIpc) is 1.59. The van der Waals surface area contributed by atoms with Crippen molar-refractivity contribution in [2.75, 3.05) is 13.1 Å². The summed E-state index contributed by atoms with van der Waals surface area (Å²) in [6.45, 7) is 0.843. The summed E-state index contributed by atoms with van der Waals surface area (Å²) in [6, 6.07) is 0. The lowest BCUT2D eigenvalue weighted by Gasteiger charge is -2.08. The van der Waals surface area contributed by atoms with Crippen molar-refractivity contribution < 1.29 is 13.2 Å². The molecule has 0 aliphatic carbocycles. The molecule has 0 fully saturated rings. The second kappa shape index (κ2) is 4.03. The number of nitrogens with one attached hydrogen (secondary N) is 1. The van der Waals surface area contributed by atoms with Gasteiger partial charge < -0.3 is 5.32 Å². The molecule has 1 unspecified atom stereocenters. The number of alkyl halides is 4. The fraction of sp³-hybridized carbons (Fsp3) is 1.00.